The van der Waals surface area contributed by atoms with Gasteiger partial charge in [-0.05, 0) is 43.9 Å². The Balaban J connectivity index is 1.67. The van der Waals surface area contributed by atoms with Gasteiger partial charge in [0.05, 0.1) is 5.69 Å². The van der Waals surface area contributed by atoms with Gasteiger partial charge in [0.15, 0.2) is 0 Å². The van der Waals surface area contributed by atoms with E-state index in [2.05, 4.69) is 21.2 Å². The molecule has 4 rings (SSSR count). The van der Waals surface area contributed by atoms with Crippen LogP contribution in [0.4, 0.5) is 4.39 Å². The third kappa shape index (κ3) is 3.05. The highest BCUT2D eigenvalue weighted by Crippen LogP contribution is 2.44. The number of hydrogen-bond acceptors (Lipinski definition) is 3. The van der Waals surface area contributed by atoms with Crippen molar-refractivity contribution in [3.05, 3.63) is 39.1 Å². The van der Waals surface area contributed by atoms with Gasteiger partial charge in [0.1, 0.15) is 10.8 Å². The number of benzene rings is 1. The fourth-order valence-electron chi connectivity index (χ4n) is 2.47. The topological polar surface area (TPSA) is 24.9 Å². The number of thiazole rings is 1. The summed E-state index contributed by atoms with van der Waals surface area (Å²) in [6.45, 7) is 0.879. The molecule has 0 bridgehead atoms. The van der Waals surface area contributed by atoms with Gasteiger partial charge in [-0.1, -0.05) is 15.9 Å². The van der Waals surface area contributed by atoms with Crippen LogP contribution in [0.25, 0.3) is 10.6 Å². The van der Waals surface area contributed by atoms with Crippen molar-refractivity contribution in [3.8, 4) is 10.6 Å². The van der Waals surface area contributed by atoms with Crippen LogP contribution in [-0.2, 0) is 6.54 Å². The van der Waals surface area contributed by atoms with E-state index in [9.17, 15) is 4.39 Å². The zero-order chi connectivity index (χ0) is 14.4. The van der Waals surface area contributed by atoms with Gasteiger partial charge in [-0.3, -0.25) is 0 Å². The molecule has 0 radical (unpaired) electrons. The van der Waals surface area contributed by atoms with Gasteiger partial charge < -0.3 is 5.32 Å². The van der Waals surface area contributed by atoms with E-state index in [-0.39, 0.29) is 5.82 Å². The summed E-state index contributed by atoms with van der Waals surface area (Å²) in [6, 6.07) is 5.73. The van der Waals surface area contributed by atoms with Crippen LogP contribution in [0.1, 0.15) is 42.2 Å². The minimum atomic E-state index is -0.198. The lowest BCUT2D eigenvalue weighted by molar-refractivity contribution is 0.631. The van der Waals surface area contributed by atoms with Crippen molar-refractivity contribution in [2.24, 2.45) is 0 Å². The van der Waals surface area contributed by atoms with Gasteiger partial charge in [0, 0.05) is 33.4 Å². The van der Waals surface area contributed by atoms with E-state index < -0.39 is 0 Å². The number of hydrogen-bond donors (Lipinski definition) is 1. The van der Waals surface area contributed by atoms with Crippen molar-refractivity contribution in [1.29, 1.82) is 0 Å². The Morgan fingerprint density at radius 1 is 1.29 bits per heavy atom. The highest BCUT2D eigenvalue weighted by Gasteiger charge is 2.31. The molecule has 0 unspecified atom stereocenters. The standard InChI is InChI=1S/C16H16BrFN2S/c17-10-3-6-13(18)12(7-10)16-20-15(9-1-2-9)14(21-16)8-19-11-4-5-11/h3,6-7,9,11,19H,1-2,4-5,8H2. The highest BCUT2D eigenvalue weighted by molar-refractivity contribution is 9.10. The molecule has 5 heteroatoms. The molecular formula is C16H16BrFN2S. The normalized spacial score (nSPS) is 18.2. The molecule has 2 aliphatic rings. The van der Waals surface area contributed by atoms with Crippen LogP contribution in [0.15, 0.2) is 22.7 Å². The molecule has 2 saturated carbocycles. The maximum absolute atomic E-state index is 14.1. The minimum Gasteiger partial charge on any atom is -0.309 e. The Labute approximate surface area is 135 Å². The maximum atomic E-state index is 14.1. The number of aromatic nitrogens is 1. The van der Waals surface area contributed by atoms with Gasteiger partial charge in [-0.2, -0.15) is 0 Å². The average molecular weight is 367 g/mol. The Kier molecular flexibility index (Phi) is 3.59. The molecule has 1 aromatic carbocycles. The van der Waals surface area contributed by atoms with Crippen LogP contribution in [0.3, 0.4) is 0 Å². The first-order valence-corrected chi connectivity index (χ1v) is 9.00. The third-order valence-corrected chi connectivity index (χ3v) is 5.58. The first-order chi connectivity index (χ1) is 10.2. The number of nitrogens with one attached hydrogen (secondary N) is 1. The Morgan fingerprint density at radius 3 is 2.81 bits per heavy atom. The van der Waals surface area contributed by atoms with Crippen molar-refractivity contribution in [2.45, 2.75) is 44.2 Å². The lowest BCUT2D eigenvalue weighted by Gasteiger charge is -2.01. The predicted octanol–water partition coefficient (Wildman–Crippen LogP) is 4.84. The van der Waals surface area contributed by atoms with Crippen molar-refractivity contribution in [1.82, 2.24) is 10.3 Å². The summed E-state index contributed by atoms with van der Waals surface area (Å²) in [5.41, 5.74) is 1.80. The van der Waals surface area contributed by atoms with Gasteiger partial charge in [-0.25, -0.2) is 9.37 Å². The molecule has 110 valence electrons. The summed E-state index contributed by atoms with van der Waals surface area (Å²) in [7, 11) is 0. The first kappa shape index (κ1) is 13.9. The molecule has 2 nitrogen and oxygen atoms in total. The largest absolute Gasteiger partial charge is 0.309 e. The van der Waals surface area contributed by atoms with Crippen LogP contribution in [-0.4, -0.2) is 11.0 Å². The molecule has 1 heterocycles. The Morgan fingerprint density at radius 2 is 2.10 bits per heavy atom. The van der Waals surface area contributed by atoms with E-state index in [0.29, 0.717) is 17.5 Å². The molecule has 0 amide bonds. The summed E-state index contributed by atoms with van der Waals surface area (Å²) in [5.74, 6) is 0.400. The molecule has 21 heavy (non-hydrogen) atoms. The summed E-state index contributed by atoms with van der Waals surface area (Å²) >= 11 is 5.06. The Bertz CT molecular complexity index is 677. The van der Waals surface area contributed by atoms with Crippen molar-refractivity contribution in [2.75, 3.05) is 0 Å². The molecule has 1 N–H and O–H groups in total. The smallest absolute Gasteiger partial charge is 0.133 e. The maximum Gasteiger partial charge on any atom is 0.133 e. The second-order valence-corrected chi connectivity index (χ2v) is 7.88. The minimum absolute atomic E-state index is 0.198. The molecule has 2 fully saturated rings. The summed E-state index contributed by atoms with van der Waals surface area (Å²) in [5, 5.41) is 4.36. The second kappa shape index (κ2) is 5.45. The molecular weight excluding hydrogens is 351 g/mol. The number of nitrogens with zero attached hydrogens (tertiary/aromatic N) is 1. The van der Waals surface area contributed by atoms with E-state index in [1.165, 1.54) is 42.3 Å². The molecule has 0 spiro atoms. The van der Waals surface area contributed by atoms with Crippen LogP contribution in [0.5, 0.6) is 0 Å². The average Bonchev–Trinajstić information content (AvgIpc) is 3.38. The molecule has 0 saturated heterocycles. The third-order valence-electron chi connectivity index (χ3n) is 3.98. The van der Waals surface area contributed by atoms with Crippen molar-refractivity contribution in [3.63, 3.8) is 0 Å². The molecule has 2 aromatic rings. The van der Waals surface area contributed by atoms with Crippen LogP contribution >= 0.6 is 27.3 Å². The van der Waals surface area contributed by atoms with Crippen LogP contribution in [0.2, 0.25) is 0 Å². The molecule has 1 aromatic heterocycles. The van der Waals surface area contributed by atoms with Gasteiger partial charge in [-0.15, -0.1) is 11.3 Å². The van der Waals surface area contributed by atoms with E-state index in [1.807, 2.05) is 6.07 Å². The molecule has 0 atom stereocenters. The monoisotopic (exact) mass is 366 g/mol. The van der Waals surface area contributed by atoms with Gasteiger partial charge in [0.25, 0.3) is 0 Å². The highest BCUT2D eigenvalue weighted by atomic mass is 79.9. The van der Waals surface area contributed by atoms with E-state index in [1.54, 1.807) is 17.4 Å². The first-order valence-electron chi connectivity index (χ1n) is 7.39. The summed E-state index contributed by atoms with van der Waals surface area (Å²) < 4.78 is 15.0. The lowest BCUT2D eigenvalue weighted by atomic mass is 10.2. The fraction of sp³-hybridized carbons (Fsp3) is 0.438. The molecule has 0 aliphatic heterocycles. The number of rotatable bonds is 5. The number of halogens is 2. The van der Waals surface area contributed by atoms with E-state index >= 15 is 0 Å². The quantitative estimate of drug-likeness (QED) is 0.818. The summed E-state index contributed by atoms with van der Waals surface area (Å²) in [4.78, 5) is 6.05. The predicted molar refractivity (Wildman–Crippen MR) is 87.0 cm³/mol. The van der Waals surface area contributed by atoms with E-state index in [0.717, 1.165) is 16.0 Å². The van der Waals surface area contributed by atoms with Crippen molar-refractivity contribution < 1.29 is 4.39 Å². The van der Waals surface area contributed by atoms with Crippen LogP contribution < -0.4 is 5.32 Å². The van der Waals surface area contributed by atoms with Crippen LogP contribution in [0, 0.1) is 5.82 Å². The van der Waals surface area contributed by atoms with Gasteiger partial charge >= 0.3 is 0 Å². The second-order valence-electron chi connectivity index (χ2n) is 5.88. The lowest BCUT2D eigenvalue weighted by Crippen LogP contribution is -2.15. The fourth-order valence-corrected chi connectivity index (χ4v) is 3.94. The zero-order valence-electron chi connectivity index (χ0n) is 11.5. The van der Waals surface area contributed by atoms with Gasteiger partial charge in [0.2, 0.25) is 0 Å². The molecule has 2 aliphatic carbocycles. The van der Waals surface area contributed by atoms with Crippen molar-refractivity contribution >= 4 is 27.3 Å². The zero-order valence-corrected chi connectivity index (χ0v) is 13.9. The Hall–Kier alpha value is -0.780. The SMILES string of the molecule is Fc1ccc(Br)cc1-c1nc(C2CC2)c(CNC2CC2)s1. The summed E-state index contributed by atoms with van der Waals surface area (Å²) in [6.07, 6.45) is 5.01. The van der Waals surface area contributed by atoms with E-state index in [4.69, 9.17) is 4.98 Å².